The number of nitrogens with one attached hydrogen (secondary N) is 1. The van der Waals surface area contributed by atoms with Crippen molar-refractivity contribution in [1.82, 2.24) is 10.2 Å². The molecule has 1 atom stereocenters. The topological polar surface area (TPSA) is 15.3 Å². The minimum atomic E-state index is 0.334. The average Bonchev–Trinajstić information content (AvgIpc) is 2.21. The van der Waals surface area contributed by atoms with Crippen LogP contribution in [0.15, 0.2) is 24.3 Å². The van der Waals surface area contributed by atoms with Crippen LogP contribution >= 0.6 is 11.6 Å². The molecule has 0 spiro atoms. The molecular formula is C12H19ClN2. The Kier molecular flexibility index (Phi) is 5.09. The third kappa shape index (κ3) is 3.82. The highest BCUT2D eigenvalue weighted by atomic mass is 35.5. The number of benzene rings is 1. The molecule has 1 aromatic carbocycles. The van der Waals surface area contributed by atoms with Crippen molar-refractivity contribution >= 4 is 11.6 Å². The third-order valence-electron chi connectivity index (χ3n) is 2.49. The molecule has 0 aromatic heterocycles. The highest BCUT2D eigenvalue weighted by Gasteiger charge is 2.11. The normalized spacial score (nSPS) is 13.1. The number of halogens is 1. The van der Waals surface area contributed by atoms with Crippen molar-refractivity contribution in [3.63, 3.8) is 0 Å². The summed E-state index contributed by atoms with van der Waals surface area (Å²) in [6.07, 6.45) is 1.06. The number of nitrogens with zero attached hydrogens (tertiary/aromatic N) is 1. The minimum absolute atomic E-state index is 0.334. The summed E-state index contributed by atoms with van der Waals surface area (Å²) in [5, 5.41) is 4.15. The van der Waals surface area contributed by atoms with E-state index < -0.39 is 0 Å². The van der Waals surface area contributed by atoms with E-state index in [0.717, 1.165) is 18.0 Å². The van der Waals surface area contributed by atoms with Gasteiger partial charge in [0.15, 0.2) is 0 Å². The van der Waals surface area contributed by atoms with Gasteiger partial charge in [0.1, 0.15) is 0 Å². The molecule has 84 valence electrons. The quantitative estimate of drug-likeness (QED) is 0.830. The Hall–Kier alpha value is -0.570. The Balaban J connectivity index is 2.70. The SMILES string of the molecule is CNC(CCN(C)C)c1ccccc1Cl. The van der Waals surface area contributed by atoms with Gasteiger partial charge in [0.05, 0.1) is 0 Å². The average molecular weight is 227 g/mol. The van der Waals surface area contributed by atoms with Crippen LogP contribution in [0.1, 0.15) is 18.0 Å². The van der Waals surface area contributed by atoms with Crippen molar-refractivity contribution in [2.75, 3.05) is 27.7 Å². The van der Waals surface area contributed by atoms with Gasteiger partial charge in [-0.25, -0.2) is 0 Å². The molecule has 0 radical (unpaired) electrons. The Labute approximate surface area is 97.2 Å². The molecule has 0 amide bonds. The molecule has 0 heterocycles. The summed E-state index contributed by atoms with van der Waals surface area (Å²) in [5.41, 5.74) is 1.18. The van der Waals surface area contributed by atoms with Crippen LogP contribution in [0.4, 0.5) is 0 Å². The van der Waals surface area contributed by atoms with E-state index in [9.17, 15) is 0 Å². The Morgan fingerprint density at radius 2 is 2.00 bits per heavy atom. The van der Waals surface area contributed by atoms with E-state index in [0.29, 0.717) is 6.04 Å². The van der Waals surface area contributed by atoms with Crippen LogP contribution in [0.5, 0.6) is 0 Å². The van der Waals surface area contributed by atoms with Gasteiger partial charge in [0.2, 0.25) is 0 Å². The molecule has 1 N–H and O–H groups in total. The smallest absolute Gasteiger partial charge is 0.0453 e. The lowest BCUT2D eigenvalue weighted by atomic mass is 10.0. The van der Waals surface area contributed by atoms with Crippen LogP contribution in [0.3, 0.4) is 0 Å². The van der Waals surface area contributed by atoms with Crippen molar-refractivity contribution in [2.24, 2.45) is 0 Å². The van der Waals surface area contributed by atoms with Crippen LogP contribution in [0.25, 0.3) is 0 Å². The van der Waals surface area contributed by atoms with E-state index in [1.807, 2.05) is 25.2 Å². The maximum absolute atomic E-state index is 6.16. The Morgan fingerprint density at radius 3 is 2.53 bits per heavy atom. The second kappa shape index (κ2) is 6.11. The second-order valence-electron chi connectivity index (χ2n) is 3.95. The van der Waals surface area contributed by atoms with Gasteiger partial charge < -0.3 is 10.2 Å². The summed E-state index contributed by atoms with van der Waals surface area (Å²) >= 11 is 6.16. The largest absolute Gasteiger partial charge is 0.313 e. The van der Waals surface area contributed by atoms with Gasteiger partial charge in [-0.15, -0.1) is 0 Å². The molecule has 1 unspecified atom stereocenters. The number of hydrogen-bond acceptors (Lipinski definition) is 2. The van der Waals surface area contributed by atoms with Gasteiger partial charge in [0.25, 0.3) is 0 Å². The molecular weight excluding hydrogens is 208 g/mol. The first-order valence-electron chi connectivity index (χ1n) is 5.21. The van der Waals surface area contributed by atoms with E-state index in [2.05, 4.69) is 30.4 Å². The van der Waals surface area contributed by atoms with Crippen molar-refractivity contribution < 1.29 is 0 Å². The van der Waals surface area contributed by atoms with Crippen LogP contribution in [0, 0.1) is 0 Å². The molecule has 0 aliphatic carbocycles. The first-order chi connectivity index (χ1) is 7.15. The number of hydrogen-bond donors (Lipinski definition) is 1. The maximum atomic E-state index is 6.16. The van der Waals surface area contributed by atoms with Crippen molar-refractivity contribution in [2.45, 2.75) is 12.5 Å². The first-order valence-corrected chi connectivity index (χ1v) is 5.59. The molecule has 1 aromatic rings. The summed E-state index contributed by atoms with van der Waals surface area (Å²) < 4.78 is 0. The zero-order valence-electron chi connectivity index (χ0n) is 9.63. The lowest BCUT2D eigenvalue weighted by molar-refractivity contribution is 0.368. The molecule has 0 fully saturated rings. The number of rotatable bonds is 5. The highest BCUT2D eigenvalue weighted by molar-refractivity contribution is 6.31. The molecule has 0 bridgehead atoms. The molecule has 1 rings (SSSR count). The minimum Gasteiger partial charge on any atom is -0.313 e. The van der Waals surface area contributed by atoms with Crippen LogP contribution < -0.4 is 5.32 Å². The van der Waals surface area contributed by atoms with Gasteiger partial charge in [0, 0.05) is 11.1 Å². The fraction of sp³-hybridized carbons (Fsp3) is 0.500. The molecule has 2 nitrogen and oxygen atoms in total. The van der Waals surface area contributed by atoms with E-state index in [1.165, 1.54) is 5.56 Å². The van der Waals surface area contributed by atoms with Gasteiger partial charge in [-0.1, -0.05) is 29.8 Å². The van der Waals surface area contributed by atoms with Crippen molar-refractivity contribution in [1.29, 1.82) is 0 Å². The fourth-order valence-corrected chi connectivity index (χ4v) is 1.87. The summed E-state index contributed by atoms with van der Waals surface area (Å²) in [5.74, 6) is 0. The van der Waals surface area contributed by atoms with Crippen molar-refractivity contribution in [3.05, 3.63) is 34.9 Å². The lowest BCUT2D eigenvalue weighted by Gasteiger charge is -2.20. The first kappa shape index (κ1) is 12.5. The molecule has 0 saturated carbocycles. The van der Waals surface area contributed by atoms with Crippen LogP contribution in [0.2, 0.25) is 5.02 Å². The van der Waals surface area contributed by atoms with E-state index in [4.69, 9.17) is 11.6 Å². The van der Waals surface area contributed by atoms with E-state index >= 15 is 0 Å². The Bertz CT molecular complexity index is 299. The second-order valence-corrected chi connectivity index (χ2v) is 4.36. The molecule has 15 heavy (non-hydrogen) atoms. The third-order valence-corrected chi connectivity index (χ3v) is 2.84. The lowest BCUT2D eigenvalue weighted by Crippen LogP contribution is -2.23. The fourth-order valence-electron chi connectivity index (χ4n) is 1.60. The maximum Gasteiger partial charge on any atom is 0.0453 e. The van der Waals surface area contributed by atoms with Gasteiger partial charge >= 0.3 is 0 Å². The van der Waals surface area contributed by atoms with Gasteiger partial charge in [-0.3, -0.25) is 0 Å². The zero-order valence-corrected chi connectivity index (χ0v) is 10.4. The van der Waals surface area contributed by atoms with Crippen LogP contribution in [-0.2, 0) is 0 Å². The summed E-state index contributed by atoms with van der Waals surface area (Å²) in [7, 11) is 6.14. The zero-order chi connectivity index (χ0) is 11.3. The van der Waals surface area contributed by atoms with Crippen LogP contribution in [-0.4, -0.2) is 32.6 Å². The summed E-state index contributed by atoms with van der Waals surface area (Å²) in [4.78, 5) is 2.18. The van der Waals surface area contributed by atoms with Gasteiger partial charge in [-0.2, -0.15) is 0 Å². The standard InChI is InChI=1S/C12H19ClN2/c1-14-12(8-9-15(2)3)10-6-4-5-7-11(10)13/h4-7,12,14H,8-9H2,1-3H3. The molecule has 3 heteroatoms. The molecule has 0 aliphatic heterocycles. The summed E-state index contributed by atoms with van der Waals surface area (Å²) in [6, 6.07) is 8.35. The monoisotopic (exact) mass is 226 g/mol. The predicted molar refractivity (Wildman–Crippen MR) is 66.4 cm³/mol. The molecule has 0 saturated heterocycles. The van der Waals surface area contributed by atoms with Gasteiger partial charge in [-0.05, 0) is 45.7 Å². The van der Waals surface area contributed by atoms with E-state index in [1.54, 1.807) is 0 Å². The van der Waals surface area contributed by atoms with Crippen molar-refractivity contribution in [3.8, 4) is 0 Å². The Morgan fingerprint density at radius 1 is 1.33 bits per heavy atom. The highest BCUT2D eigenvalue weighted by Crippen LogP contribution is 2.24. The summed E-state index contributed by atoms with van der Waals surface area (Å²) in [6.45, 7) is 1.05. The van der Waals surface area contributed by atoms with E-state index in [-0.39, 0.29) is 0 Å². The molecule has 0 aliphatic rings. The predicted octanol–water partition coefficient (Wildman–Crippen LogP) is 2.55.